The van der Waals surface area contributed by atoms with Gasteiger partial charge >= 0.3 is 6.36 Å². The van der Waals surface area contributed by atoms with Gasteiger partial charge in [-0.3, -0.25) is 0 Å². The number of hydrogen-bond acceptors (Lipinski definition) is 5. The van der Waals surface area contributed by atoms with Crippen LogP contribution in [0.2, 0.25) is 0 Å². The second-order valence-corrected chi connectivity index (χ2v) is 10.7. The third-order valence-electron chi connectivity index (χ3n) is 4.84. The zero-order chi connectivity index (χ0) is 24.6. The maximum Gasteiger partial charge on any atom is 0.573 e. The number of halogens is 4. The Morgan fingerprint density at radius 2 is 1.82 bits per heavy atom. The highest BCUT2D eigenvalue weighted by Crippen LogP contribution is 2.41. The van der Waals surface area contributed by atoms with E-state index in [0.29, 0.717) is 22.0 Å². The van der Waals surface area contributed by atoms with Gasteiger partial charge in [-0.2, -0.15) is 5.10 Å². The summed E-state index contributed by atoms with van der Waals surface area (Å²) in [7, 11) is 0. The van der Waals surface area contributed by atoms with Crippen LogP contribution in [0.25, 0.3) is 27.5 Å². The molecule has 0 saturated carbocycles. The van der Waals surface area contributed by atoms with Crippen LogP contribution in [-0.2, 0) is 0 Å². The maximum absolute atomic E-state index is 13.7. The SMILES string of the molecule is Cc1cc(OC(F)(F)F)ccc1-c1nc(-n2cc(-c3cccc(F)c3)c(C)n2)sc1SC(C)C. The van der Waals surface area contributed by atoms with E-state index in [0.717, 1.165) is 21.0 Å². The molecule has 0 unspecified atom stereocenters. The molecule has 0 amide bonds. The standard InChI is InChI=1S/C24H21F4N3OS2/c1-13(2)33-22-21(19-9-8-18(10-14(19)3)32-24(26,27)28)29-23(34-22)31-12-20(15(4)30-31)16-6-5-7-17(25)11-16/h5-13H,1-4H3. The smallest absolute Gasteiger partial charge is 0.406 e. The lowest BCUT2D eigenvalue weighted by molar-refractivity contribution is -0.274. The van der Waals surface area contributed by atoms with Crippen LogP contribution in [0, 0.1) is 19.7 Å². The summed E-state index contributed by atoms with van der Waals surface area (Å²) in [5.74, 6) is -0.602. The molecular formula is C24H21F4N3OS2. The Morgan fingerprint density at radius 3 is 2.47 bits per heavy atom. The molecule has 0 aliphatic rings. The van der Waals surface area contributed by atoms with Crippen molar-refractivity contribution in [1.29, 1.82) is 0 Å². The predicted octanol–water partition coefficient (Wildman–Crippen LogP) is 7.82. The van der Waals surface area contributed by atoms with Gasteiger partial charge < -0.3 is 4.74 Å². The van der Waals surface area contributed by atoms with Gasteiger partial charge in [-0.1, -0.05) is 37.3 Å². The van der Waals surface area contributed by atoms with Gasteiger partial charge in [-0.05, 0) is 55.3 Å². The van der Waals surface area contributed by atoms with Crippen molar-refractivity contribution >= 4 is 23.1 Å². The molecule has 2 heterocycles. The Morgan fingerprint density at radius 1 is 1.06 bits per heavy atom. The van der Waals surface area contributed by atoms with Gasteiger partial charge in [-0.25, -0.2) is 14.1 Å². The topological polar surface area (TPSA) is 39.9 Å². The molecule has 178 valence electrons. The monoisotopic (exact) mass is 507 g/mol. The van der Waals surface area contributed by atoms with Crippen LogP contribution >= 0.6 is 23.1 Å². The number of thiazole rings is 1. The minimum atomic E-state index is -4.75. The van der Waals surface area contributed by atoms with Crippen LogP contribution in [0.1, 0.15) is 25.1 Å². The largest absolute Gasteiger partial charge is 0.573 e. The maximum atomic E-state index is 13.7. The van der Waals surface area contributed by atoms with Crippen molar-refractivity contribution in [2.45, 2.75) is 43.5 Å². The molecule has 0 N–H and O–H groups in total. The molecule has 0 radical (unpaired) electrons. The van der Waals surface area contributed by atoms with Crippen molar-refractivity contribution in [3.05, 3.63) is 65.7 Å². The molecule has 0 spiro atoms. The first-order chi connectivity index (χ1) is 16.0. The van der Waals surface area contributed by atoms with Crippen molar-refractivity contribution in [1.82, 2.24) is 14.8 Å². The molecule has 2 aromatic heterocycles. The second kappa shape index (κ2) is 9.42. The average molecular weight is 508 g/mol. The van der Waals surface area contributed by atoms with Crippen LogP contribution < -0.4 is 4.74 Å². The zero-order valence-corrected chi connectivity index (χ0v) is 20.4. The van der Waals surface area contributed by atoms with Gasteiger partial charge in [0.25, 0.3) is 0 Å². The van der Waals surface area contributed by atoms with E-state index in [1.54, 1.807) is 35.5 Å². The van der Waals surface area contributed by atoms with Gasteiger partial charge in [-0.15, -0.1) is 24.9 Å². The Kier molecular flexibility index (Phi) is 6.73. The van der Waals surface area contributed by atoms with Crippen molar-refractivity contribution in [2.75, 3.05) is 0 Å². The van der Waals surface area contributed by atoms with Crippen LogP contribution in [0.3, 0.4) is 0 Å². The summed E-state index contributed by atoms with van der Waals surface area (Å²) in [6.07, 6.45) is -2.94. The number of benzene rings is 2. The number of nitrogens with zero attached hydrogens (tertiary/aromatic N) is 3. The van der Waals surface area contributed by atoms with Crippen LogP contribution in [0.15, 0.2) is 52.9 Å². The van der Waals surface area contributed by atoms with E-state index in [9.17, 15) is 17.6 Å². The van der Waals surface area contributed by atoms with Crippen molar-refractivity contribution in [3.63, 3.8) is 0 Å². The van der Waals surface area contributed by atoms with Gasteiger partial charge in [0.05, 0.1) is 15.6 Å². The summed E-state index contributed by atoms with van der Waals surface area (Å²) in [6, 6.07) is 10.5. The van der Waals surface area contributed by atoms with Gasteiger partial charge in [0.15, 0.2) is 0 Å². The number of ether oxygens (including phenoxy) is 1. The summed E-state index contributed by atoms with van der Waals surface area (Å²) >= 11 is 3.07. The summed E-state index contributed by atoms with van der Waals surface area (Å²) < 4.78 is 58.2. The second-order valence-electron chi connectivity index (χ2n) is 7.91. The molecule has 34 heavy (non-hydrogen) atoms. The van der Waals surface area contributed by atoms with Crippen LogP contribution in [-0.4, -0.2) is 26.4 Å². The Labute approximate surface area is 202 Å². The van der Waals surface area contributed by atoms with E-state index >= 15 is 0 Å². The number of aromatic nitrogens is 3. The molecule has 4 aromatic rings. The fraction of sp³-hybridized carbons (Fsp3) is 0.250. The van der Waals surface area contributed by atoms with Crippen molar-refractivity contribution < 1.29 is 22.3 Å². The Hall–Kier alpha value is -2.85. The fourth-order valence-electron chi connectivity index (χ4n) is 3.45. The van der Waals surface area contributed by atoms with Crippen molar-refractivity contribution in [3.8, 4) is 33.3 Å². The lowest BCUT2D eigenvalue weighted by atomic mass is 10.1. The van der Waals surface area contributed by atoms with Crippen LogP contribution in [0.4, 0.5) is 17.6 Å². The molecule has 0 aliphatic heterocycles. The molecule has 0 bridgehead atoms. The van der Waals surface area contributed by atoms with Gasteiger partial charge in [0.1, 0.15) is 11.6 Å². The predicted molar refractivity (Wildman–Crippen MR) is 127 cm³/mol. The van der Waals surface area contributed by atoms with E-state index in [4.69, 9.17) is 4.98 Å². The lowest BCUT2D eigenvalue weighted by Crippen LogP contribution is -2.17. The highest BCUT2D eigenvalue weighted by Gasteiger charge is 2.31. The van der Waals surface area contributed by atoms with Crippen LogP contribution in [0.5, 0.6) is 5.75 Å². The van der Waals surface area contributed by atoms with Gasteiger partial charge in [0.2, 0.25) is 5.13 Å². The molecule has 10 heteroatoms. The summed E-state index contributed by atoms with van der Waals surface area (Å²) in [5.41, 5.74) is 4.24. The number of alkyl halides is 3. The first-order valence-corrected chi connectivity index (χ1v) is 12.1. The third kappa shape index (κ3) is 5.44. The minimum Gasteiger partial charge on any atom is -0.406 e. The van der Waals surface area contributed by atoms with E-state index in [1.807, 2.05) is 19.2 Å². The molecule has 0 aliphatic carbocycles. The molecule has 0 atom stereocenters. The first kappa shape index (κ1) is 24.3. The third-order valence-corrected chi connectivity index (χ3v) is 7.10. The highest BCUT2D eigenvalue weighted by atomic mass is 32.2. The highest BCUT2D eigenvalue weighted by molar-refractivity contribution is 8.01. The lowest BCUT2D eigenvalue weighted by Gasteiger charge is -2.12. The molecule has 4 nitrogen and oxygen atoms in total. The van der Waals surface area contributed by atoms with E-state index < -0.39 is 6.36 Å². The molecule has 0 fully saturated rings. The van der Waals surface area contributed by atoms with E-state index in [2.05, 4.69) is 23.7 Å². The normalized spacial score (nSPS) is 11.9. The number of rotatable bonds is 6. The minimum absolute atomic E-state index is 0.266. The fourth-order valence-corrected chi connectivity index (χ4v) is 5.88. The zero-order valence-electron chi connectivity index (χ0n) is 18.8. The Bertz CT molecular complexity index is 1330. The molecule has 2 aromatic carbocycles. The molecule has 0 saturated heterocycles. The summed E-state index contributed by atoms with van der Waals surface area (Å²) in [4.78, 5) is 4.80. The van der Waals surface area contributed by atoms with Gasteiger partial charge in [0, 0.05) is 22.6 Å². The number of hydrogen-bond donors (Lipinski definition) is 0. The average Bonchev–Trinajstić information content (AvgIpc) is 3.30. The molecule has 4 rings (SSSR count). The first-order valence-electron chi connectivity index (χ1n) is 10.4. The number of thioether (sulfide) groups is 1. The summed E-state index contributed by atoms with van der Waals surface area (Å²) in [5, 5.41) is 5.46. The summed E-state index contributed by atoms with van der Waals surface area (Å²) in [6.45, 7) is 7.68. The van der Waals surface area contributed by atoms with Crippen molar-refractivity contribution in [2.24, 2.45) is 0 Å². The number of aryl methyl sites for hydroxylation is 2. The van der Waals surface area contributed by atoms with E-state index in [1.165, 1.54) is 35.6 Å². The van der Waals surface area contributed by atoms with E-state index in [-0.39, 0.29) is 16.8 Å². The Balaban J connectivity index is 1.75. The molecular weight excluding hydrogens is 486 g/mol. The quantitative estimate of drug-likeness (QED) is 0.197.